The third-order valence-electron chi connectivity index (χ3n) is 2.85. The van der Waals surface area contributed by atoms with Gasteiger partial charge in [-0.25, -0.2) is 43.8 Å². The Hall–Kier alpha value is -2.18. The fourth-order valence-corrected chi connectivity index (χ4v) is 4.96. The Kier molecular flexibility index (Phi) is 5.06. The van der Waals surface area contributed by atoms with Gasteiger partial charge in [0.25, 0.3) is 10.0 Å². The summed E-state index contributed by atoms with van der Waals surface area (Å²) < 4.78 is 101. The van der Waals surface area contributed by atoms with Crippen LogP contribution in [-0.2, 0) is 20.0 Å². The van der Waals surface area contributed by atoms with E-state index in [0.29, 0.717) is 36.4 Å². The highest BCUT2D eigenvalue weighted by atomic mass is 32.3. The Bertz CT molecular complexity index is 975. The van der Waals surface area contributed by atoms with Crippen molar-refractivity contribution in [1.82, 2.24) is 0 Å². The van der Waals surface area contributed by atoms with Crippen LogP contribution >= 0.6 is 0 Å². The molecule has 0 fully saturated rings. The Morgan fingerprint density at radius 2 is 1.20 bits per heavy atom. The van der Waals surface area contributed by atoms with Gasteiger partial charge < -0.3 is 0 Å². The third kappa shape index (κ3) is 4.46. The van der Waals surface area contributed by atoms with Crippen LogP contribution in [0.2, 0.25) is 0 Å². The molecule has 2 rings (SSSR count). The van der Waals surface area contributed by atoms with Crippen LogP contribution in [-0.4, -0.2) is 21.9 Å². The number of sulfonamides is 2. The van der Waals surface area contributed by atoms with Crippen molar-refractivity contribution in [3.05, 3.63) is 59.7 Å². The predicted octanol–water partition coefficient (Wildman–Crippen LogP) is 1.96. The van der Waals surface area contributed by atoms with Gasteiger partial charge in [0.05, 0.1) is 11.4 Å². The zero-order chi connectivity index (χ0) is 19.0. The maximum Gasteiger partial charge on any atom is 0.255 e. The van der Waals surface area contributed by atoms with E-state index in [9.17, 15) is 34.4 Å². The fourth-order valence-electron chi connectivity index (χ4n) is 1.98. The molecule has 0 amide bonds. The van der Waals surface area contributed by atoms with Crippen LogP contribution in [0.4, 0.5) is 28.9 Å². The first-order valence-electron chi connectivity index (χ1n) is 6.34. The molecular formula is C13H10F4N2O4S2. The summed E-state index contributed by atoms with van der Waals surface area (Å²) in [4.78, 5) is 0. The summed E-state index contributed by atoms with van der Waals surface area (Å²) in [5.74, 6) is -4.93. The van der Waals surface area contributed by atoms with Gasteiger partial charge in [-0.05, 0) is 24.3 Å². The van der Waals surface area contributed by atoms with Crippen LogP contribution in [0, 0.1) is 23.3 Å². The minimum atomic E-state index is -4.96. The van der Waals surface area contributed by atoms with Gasteiger partial charge in [0, 0.05) is 12.1 Å². The number of hydrogen-bond acceptors (Lipinski definition) is 4. The molecule has 0 saturated heterocycles. The van der Waals surface area contributed by atoms with E-state index >= 15 is 0 Å². The number of rotatable bonds is 5. The Morgan fingerprint density at radius 1 is 0.800 bits per heavy atom. The molecule has 0 radical (unpaired) electrons. The van der Waals surface area contributed by atoms with Crippen molar-refractivity contribution in [2.75, 3.05) is 9.39 Å². The van der Waals surface area contributed by atoms with Gasteiger partial charge in [0.1, 0.15) is 11.6 Å². The van der Waals surface area contributed by atoms with E-state index in [1.54, 1.807) is 0 Å². The van der Waals surface area contributed by atoms with Gasteiger partial charge in [0.2, 0.25) is 10.0 Å². The molecule has 6 nitrogen and oxygen atoms in total. The molecule has 0 bridgehead atoms. The topological polar surface area (TPSA) is 97.5 Å². The molecule has 0 saturated carbocycles. The highest BCUT2D eigenvalue weighted by molar-refractivity contribution is 8.07. The minimum absolute atomic E-state index is 0.0129. The number of nitrogens with zero attached hydrogens (tertiary/aromatic N) is 1. The van der Waals surface area contributed by atoms with Crippen molar-refractivity contribution in [2.45, 2.75) is 0 Å². The Morgan fingerprint density at radius 3 is 1.52 bits per heavy atom. The summed E-state index contributed by atoms with van der Waals surface area (Å²) in [7, 11) is -9.57. The van der Waals surface area contributed by atoms with E-state index in [0.717, 1.165) is 0 Å². The molecule has 25 heavy (non-hydrogen) atoms. The van der Waals surface area contributed by atoms with E-state index in [1.807, 2.05) is 0 Å². The number of benzene rings is 2. The minimum Gasteiger partial charge on any atom is -0.232 e. The van der Waals surface area contributed by atoms with Gasteiger partial charge in [0.15, 0.2) is 16.7 Å². The smallest absolute Gasteiger partial charge is 0.232 e. The lowest BCUT2D eigenvalue weighted by Crippen LogP contribution is -2.35. The van der Waals surface area contributed by atoms with E-state index in [1.165, 1.54) is 0 Å². The average Bonchev–Trinajstić information content (AvgIpc) is 2.40. The molecule has 0 aliphatic carbocycles. The largest absolute Gasteiger partial charge is 0.255 e. The van der Waals surface area contributed by atoms with Gasteiger partial charge in [-0.2, -0.15) is 0 Å². The van der Waals surface area contributed by atoms with Crippen LogP contribution in [0.3, 0.4) is 0 Å². The van der Waals surface area contributed by atoms with Crippen molar-refractivity contribution in [3.8, 4) is 0 Å². The zero-order valence-corrected chi connectivity index (χ0v) is 13.8. The second kappa shape index (κ2) is 6.61. The summed E-state index contributed by atoms with van der Waals surface area (Å²) >= 11 is 0. The molecular weight excluding hydrogens is 388 g/mol. The average molecular weight is 398 g/mol. The molecule has 2 aromatic carbocycles. The normalized spacial score (nSPS) is 12.2. The van der Waals surface area contributed by atoms with Gasteiger partial charge in [-0.3, -0.25) is 0 Å². The number of anilines is 2. The molecule has 2 N–H and O–H groups in total. The summed E-state index contributed by atoms with van der Waals surface area (Å²) in [5, 5.41) is 3.01. The molecule has 0 aliphatic heterocycles. The summed E-state index contributed by atoms with van der Waals surface area (Å²) in [6.07, 6.45) is 0. The number of halogens is 4. The highest BCUT2D eigenvalue weighted by Crippen LogP contribution is 2.34. The first kappa shape index (κ1) is 19.1. The van der Waals surface area contributed by atoms with Crippen LogP contribution in [0.25, 0.3) is 0 Å². The fraction of sp³-hybridized carbons (Fsp3) is 0.0769. The standard InChI is InChI=1S/C13H10F4N2O4S2/c14-8-1-3-12(10(16)5-8)19(25(22,23)7-24(18,20)21)13-4-2-9(15)6-11(13)17/h1-6H,7H2,(H2,18,20,21). The highest BCUT2D eigenvalue weighted by Gasteiger charge is 2.32. The lowest BCUT2D eigenvalue weighted by Gasteiger charge is -2.25. The number of nitrogens with two attached hydrogens (primary N) is 1. The second-order valence-corrected chi connectivity index (χ2v) is 8.65. The van der Waals surface area contributed by atoms with Crippen LogP contribution in [0.5, 0.6) is 0 Å². The van der Waals surface area contributed by atoms with Gasteiger partial charge in [-0.1, -0.05) is 0 Å². The monoisotopic (exact) mass is 398 g/mol. The molecule has 0 heterocycles. The Labute approximate surface area is 140 Å². The lowest BCUT2D eigenvalue weighted by atomic mass is 10.2. The maximum absolute atomic E-state index is 14.0. The molecule has 0 aliphatic rings. The maximum atomic E-state index is 14.0. The second-order valence-electron chi connectivity index (χ2n) is 4.85. The quantitative estimate of drug-likeness (QED) is 0.779. The predicted molar refractivity (Wildman–Crippen MR) is 81.7 cm³/mol. The first-order chi connectivity index (χ1) is 11.4. The van der Waals surface area contributed by atoms with Gasteiger partial charge >= 0.3 is 0 Å². The summed E-state index contributed by atoms with van der Waals surface area (Å²) in [6, 6.07) is 3.31. The SMILES string of the molecule is NS(=O)(=O)CS(=O)(=O)N(c1ccc(F)cc1F)c1ccc(F)cc1F. The molecule has 2 aromatic rings. The van der Waals surface area contributed by atoms with Crippen molar-refractivity contribution in [1.29, 1.82) is 0 Å². The molecule has 0 aromatic heterocycles. The van der Waals surface area contributed by atoms with Crippen LogP contribution < -0.4 is 9.44 Å². The summed E-state index contributed by atoms with van der Waals surface area (Å²) in [6.45, 7) is 0. The van der Waals surface area contributed by atoms with E-state index in [2.05, 4.69) is 0 Å². The molecule has 0 spiro atoms. The van der Waals surface area contributed by atoms with E-state index in [4.69, 9.17) is 5.14 Å². The van der Waals surface area contributed by atoms with Crippen molar-refractivity contribution < 1.29 is 34.4 Å². The molecule has 0 unspecified atom stereocenters. The van der Waals surface area contributed by atoms with Crippen molar-refractivity contribution in [2.24, 2.45) is 5.14 Å². The van der Waals surface area contributed by atoms with E-state index < -0.39 is 59.8 Å². The first-order valence-corrected chi connectivity index (χ1v) is 9.67. The zero-order valence-electron chi connectivity index (χ0n) is 12.2. The van der Waals surface area contributed by atoms with Gasteiger partial charge in [-0.15, -0.1) is 0 Å². The number of hydrogen-bond donors (Lipinski definition) is 1. The number of primary sulfonamides is 1. The van der Waals surface area contributed by atoms with Crippen molar-refractivity contribution >= 4 is 31.4 Å². The van der Waals surface area contributed by atoms with Crippen molar-refractivity contribution in [3.63, 3.8) is 0 Å². The molecule has 0 atom stereocenters. The van der Waals surface area contributed by atoms with E-state index in [-0.39, 0.29) is 4.31 Å². The molecule has 12 heteroatoms. The summed E-state index contributed by atoms with van der Waals surface area (Å²) in [5.41, 5.74) is -1.73. The molecule has 136 valence electrons. The third-order valence-corrected chi connectivity index (χ3v) is 6.30. The Balaban J connectivity index is 2.76. The van der Waals surface area contributed by atoms with Crippen LogP contribution in [0.15, 0.2) is 36.4 Å². The van der Waals surface area contributed by atoms with Crippen LogP contribution in [0.1, 0.15) is 0 Å². The lowest BCUT2D eigenvalue weighted by molar-refractivity contribution is 0.570.